The van der Waals surface area contributed by atoms with Crippen molar-refractivity contribution in [1.29, 1.82) is 0 Å². The lowest BCUT2D eigenvalue weighted by atomic mass is 10.0. The highest BCUT2D eigenvalue weighted by atomic mass is 35.5. The van der Waals surface area contributed by atoms with Crippen LogP contribution in [0.25, 0.3) is 0 Å². The molecule has 3 aromatic carbocycles. The molecule has 2 amide bonds. The summed E-state index contributed by atoms with van der Waals surface area (Å²) in [6.07, 6.45) is 2.26. The van der Waals surface area contributed by atoms with Crippen molar-refractivity contribution in [3.8, 4) is 5.75 Å². The average Bonchev–Trinajstić information content (AvgIpc) is 2.86. The lowest BCUT2D eigenvalue weighted by Crippen LogP contribution is -2.51. The molecule has 0 heterocycles. The predicted molar refractivity (Wildman–Crippen MR) is 141 cm³/mol. The summed E-state index contributed by atoms with van der Waals surface area (Å²) in [4.78, 5) is 28.5. The van der Waals surface area contributed by atoms with E-state index < -0.39 is 6.04 Å². The first-order valence-electron chi connectivity index (χ1n) is 12.0. The van der Waals surface area contributed by atoms with E-state index in [1.807, 2.05) is 73.7 Å². The average molecular weight is 493 g/mol. The number of hydrogen-bond acceptors (Lipinski definition) is 3. The summed E-state index contributed by atoms with van der Waals surface area (Å²) in [5.74, 6) is 0.199. The summed E-state index contributed by atoms with van der Waals surface area (Å²) >= 11 is 6.07. The fraction of sp³-hybridized carbons (Fsp3) is 0.310. The topological polar surface area (TPSA) is 58.6 Å². The molecule has 1 N–H and O–H groups in total. The van der Waals surface area contributed by atoms with E-state index >= 15 is 0 Å². The predicted octanol–water partition coefficient (Wildman–Crippen LogP) is 5.58. The first-order chi connectivity index (χ1) is 17.0. The number of unbranched alkanes of at least 4 members (excludes halogenated alkanes) is 1. The van der Waals surface area contributed by atoms with Gasteiger partial charge in [0.25, 0.3) is 5.91 Å². The quantitative estimate of drug-likeness (QED) is 0.335. The highest BCUT2D eigenvalue weighted by Crippen LogP contribution is 2.18. The fourth-order valence-corrected chi connectivity index (χ4v) is 3.91. The van der Waals surface area contributed by atoms with Crippen LogP contribution in [0.2, 0.25) is 5.02 Å². The van der Waals surface area contributed by atoms with Crippen molar-refractivity contribution in [2.75, 3.05) is 13.2 Å². The van der Waals surface area contributed by atoms with Gasteiger partial charge in [0.1, 0.15) is 11.8 Å². The summed E-state index contributed by atoms with van der Waals surface area (Å²) < 4.78 is 5.82. The summed E-state index contributed by atoms with van der Waals surface area (Å²) in [7, 11) is 0. The number of nitrogens with one attached hydrogen (secondary N) is 1. The van der Waals surface area contributed by atoms with E-state index in [1.54, 1.807) is 17.0 Å². The normalized spacial score (nSPS) is 11.5. The number of rotatable bonds is 12. The smallest absolute Gasteiger partial charge is 0.261 e. The van der Waals surface area contributed by atoms with E-state index in [-0.39, 0.29) is 25.0 Å². The number of nitrogens with zero attached hydrogens (tertiary/aromatic N) is 1. The molecule has 35 heavy (non-hydrogen) atoms. The van der Waals surface area contributed by atoms with Gasteiger partial charge in [0.15, 0.2) is 6.61 Å². The molecule has 0 aromatic heterocycles. The van der Waals surface area contributed by atoms with Crippen molar-refractivity contribution in [2.24, 2.45) is 0 Å². The van der Waals surface area contributed by atoms with Gasteiger partial charge in [-0.1, -0.05) is 79.5 Å². The minimum Gasteiger partial charge on any atom is -0.484 e. The zero-order valence-corrected chi connectivity index (χ0v) is 21.1. The van der Waals surface area contributed by atoms with Gasteiger partial charge in [-0.15, -0.1) is 0 Å². The summed E-state index contributed by atoms with van der Waals surface area (Å²) in [5, 5.41) is 3.64. The molecule has 0 spiro atoms. The fourth-order valence-electron chi connectivity index (χ4n) is 3.78. The highest BCUT2D eigenvalue weighted by Gasteiger charge is 2.30. The molecular weight excluding hydrogens is 460 g/mol. The van der Waals surface area contributed by atoms with Crippen LogP contribution >= 0.6 is 11.6 Å². The van der Waals surface area contributed by atoms with Crippen LogP contribution in [0.3, 0.4) is 0 Å². The summed E-state index contributed by atoms with van der Waals surface area (Å²) in [5.41, 5.74) is 2.92. The van der Waals surface area contributed by atoms with Gasteiger partial charge in [-0.05, 0) is 54.3 Å². The Labute approximate surface area is 213 Å². The Kier molecular flexibility index (Phi) is 10.2. The van der Waals surface area contributed by atoms with Crippen molar-refractivity contribution >= 4 is 23.4 Å². The van der Waals surface area contributed by atoms with Crippen molar-refractivity contribution in [3.05, 3.63) is 101 Å². The molecule has 5 nitrogen and oxygen atoms in total. The molecule has 0 aliphatic carbocycles. The molecule has 0 unspecified atom stereocenters. The van der Waals surface area contributed by atoms with E-state index in [1.165, 1.54) is 0 Å². The Morgan fingerprint density at radius 3 is 2.40 bits per heavy atom. The van der Waals surface area contributed by atoms with Crippen LogP contribution in [0.1, 0.15) is 36.5 Å². The second-order valence-corrected chi connectivity index (χ2v) is 9.04. The van der Waals surface area contributed by atoms with Crippen LogP contribution in [0.15, 0.2) is 78.9 Å². The molecule has 0 radical (unpaired) electrons. The number of aryl methyl sites for hydroxylation is 1. The summed E-state index contributed by atoms with van der Waals surface area (Å²) in [6, 6.07) is 24.0. The maximum atomic E-state index is 13.5. The van der Waals surface area contributed by atoms with Gasteiger partial charge < -0.3 is 15.0 Å². The Balaban J connectivity index is 1.87. The number of halogens is 1. The molecule has 3 rings (SSSR count). The van der Waals surface area contributed by atoms with Crippen molar-refractivity contribution in [2.45, 2.75) is 45.7 Å². The molecule has 184 valence electrons. The van der Waals surface area contributed by atoms with Crippen LogP contribution in [0, 0.1) is 6.92 Å². The zero-order chi connectivity index (χ0) is 25.0. The molecule has 3 aromatic rings. The van der Waals surface area contributed by atoms with Gasteiger partial charge in [-0.2, -0.15) is 0 Å². The number of carbonyl (C=O) groups excluding carboxylic acids is 2. The van der Waals surface area contributed by atoms with Gasteiger partial charge in [0.05, 0.1) is 0 Å². The maximum Gasteiger partial charge on any atom is 0.261 e. The van der Waals surface area contributed by atoms with Crippen LogP contribution in [-0.4, -0.2) is 35.9 Å². The Morgan fingerprint density at radius 1 is 0.971 bits per heavy atom. The molecule has 0 saturated carbocycles. The largest absolute Gasteiger partial charge is 0.484 e. The molecule has 6 heteroatoms. The van der Waals surface area contributed by atoms with Crippen LogP contribution in [0.4, 0.5) is 0 Å². The van der Waals surface area contributed by atoms with E-state index in [4.69, 9.17) is 16.3 Å². The summed E-state index contributed by atoms with van der Waals surface area (Å²) in [6.45, 7) is 4.73. The third-order valence-electron chi connectivity index (χ3n) is 5.72. The molecular formula is C29H33ClN2O3. The number of benzene rings is 3. The Morgan fingerprint density at radius 2 is 1.71 bits per heavy atom. The van der Waals surface area contributed by atoms with Gasteiger partial charge >= 0.3 is 0 Å². The molecule has 0 aliphatic heterocycles. The van der Waals surface area contributed by atoms with Gasteiger partial charge in [-0.25, -0.2) is 0 Å². The zero-order valence-electron chi connectivity index (χ0n) is 20.4. The number of carbonyl (C=O) groups is 2. The Hall–Kier alpha value is -3.31. The second kappa shape index (κ2) is 13.5. The van der Waals surface area contributed by atoms with Crippen LogP contribution < -0.4 is 10.1 Å². The number of amides is 2. The van der Waals surface area contributed by atoms with Crippen molar-refractivity contribution in [1.82, 2.24) is 10.2 Å². The monoisotopic (exact) mass is 492 g/mol. The van der Waals surface area contributed by atoms with Gasteiger partial charge in [0, 0.05) is 24.5 Å². The molecule has 0 bridgehead atoms. The first kappa shape index (κ1) is 26.3. The van der Waals surface area contributed by atoms with E-state index in [0.717, 1.165) is 29.5 Å². The van der Waals surface area contributed by atoms with E-state index in [2.05, 4.69) is 12.2 Å². The minimum atomic E-state index is -0.682. The molecule has 0 fully saturated rings. The van der Waals surface area contributed by atoms with Crippen LogP contribution in [0.5, 0.6) is 5.75 Å². The maximum absolute atomic E-state index is 13.5. The lowest BCUT2D eigenvalue weighted by Gasteiger charge is -2.31. The second-order valence-electron chi connectivity index (χ2n) is 8.60. The molecule has 0 saturated heterocycles. The van der Waals surface area contributed by atoms with Crippen LogP contribution in [-0.2, 0) is 22.6 Å². The Bertz CT molecular complexity index is 1090. The SMILES string of the molecule is CCCCNC(=O)[C@@H](Cc1ccccc1)N(Cc1ccc(Cl)cc1)C(=O)COc1cccc(C)c1. The minimum absolute atomic E-state index is 0.162. The van der Waals surface area contributed by atoms with Crippen molar-refractivity contribution in [3.63, 3.8) is 0 Å². The molecule has 1 atom stereocenters. The van der Waals surface area contributed by atoms with Gasteiger partial charge in [0.2, 0.25) is 5.91 Å². The third kappa shape index (κ3) is 8.45. The molecule has 0 aliphatic rings. The standard InChI is InChI=1S/C29H33ClN2O3/c1-3-4-17-31-29(34)27(19-23-10-6-5-7-11-23)32(20-24-13-15-25(30)16-14-24)28(33)21-35-26-12-8-9-22(2)18-26/h5-16,18,27H,3-4,17,19-21H2,1-2H3,(H,31,34)/t27-/m1/s1. The number of ether oxygens (including phenoxy) is 1. The van der Waals surface area contributed by atoms with E-state index in [0.29, 0.717) is 23.7 Å². The lowest BCUT2D eigenvalue weighted by molar-refractivity contribution is -0.142. The van der Waals surface area contributed by atoms with Crippen molar-refractivity contribution < 1.29 is 14.3 Å². The van der Waals surface area contributed by atoms with E-state index in [9.17, 15) is 9.59 Å². The first-order valence-corrected chi connectivity index (χ1v) is 12.4. The highest BCUT2D eigenvalue weighted by molar-refractivity contribution is 6.30. The third-order valence-corrected chi connectivity index (χ3v) is 5.97. The van der Waals surface area contributed by atoms with Gasteiger partial charge in [-0.3, -0.25) is 9.59 Å². The number of hydrogen-bond donors (Lipinski definition) is 1.